The number of hydrogen-bond donors (Lipinski definition) is 0. The van der Waals surface area contributed by atoms with Crippen LogP contribution in [0.15, 0.2) is 16.6 Å². The molecule has 0 fully saturated rings. The molecule has 0 amide bonds. The molecule has 102 valence electrons. The van der Waals surface area contributed by atoms with Gasteiger partial charge in [0.15, 0.2) is 0 Å². The highest BCUT2D eigenvalue weighted by Gasteiger charge is 2.03. The third kappa shape index (κ3) is 5.40. The number of halogens is 1. The Morgan fingerprint density at radius 1 is 1.06 bits per heavy atom. The van der Waals surface area contributed by atoms with E-state index in [9.17, 15) is 0 Å². The van der Waals surface area contributed by atoms with Crippen molar-refractivity contribution >= 4 is 15.9 Å². The maximum atomic E-state index is 5.68. The standard InChI is InChI=1S/C15H23BrO2/c1-11(2)5-6-17-7-8-18-14-9-12(3)15(16)13(4)10-14/h9-11H,5-8H2,1-4H3. The Hall–Kier alpha value is -0.540. The zero-order chi connectivity index (χ0) is 13.5. The molecule has 0 bridgehead atoms. The van der Waals surface area contributed by atoms with E-state index < -0.39 is 0 Å². The molecule has 2 nitrogen and oxygen atoms in total. The van der Waals surface area contributed by atoms with Crippen LogP contribution in [-0.2, 0) is 4.74 Å². The lowest BCUT2D eigenvalue weighted by atomic mass is 10.1. The van der Waals surface area contributed by atoms with E-state index in [4.69, 9.17) is 9.47 Å². The molecular formula is C15H23BrO2. The van der Waals surface area contributed by atoms with Crippen molar-refractivity contribution in [2.45, 2.75) is 34.1 Å². The van der Waals surface area contributed by atoms with E-state index in [1.807, 2.05) is 12.1 Å². The van der Waals surface area contributed by atoms with E-state index in [-0.39, 0.29) is 0 Å². The summed E-state index contributed by atoms with van der Waals surface area (Å²) < 4.78 is 12.4. The van der Waals surface area contributed by atoms with E-state index in [2.05, 4.69) is 43.6 Å². The number of ether oxygens (including phenoxy) is 2. The largest absolute Gasteiger partial charge is 0.491 e. The number of benzene rings is 1. The molecule has 0 radical (unpaired) electrons. The van der Waals surface area contributed by atoms with Crippen LogP contribution in [-0.4, -0.2) is 19.8 Å². The molecule has 1 rings (SSSR count). The minimum Gasteiger partial charge on any atom is -0.491 e. The Labute approximate surface area is 119 Å². The first-order valence-corrected chi connectivity index (χ1v) is 7.27. The van der Waals surface area contributed by atoms with Crippen molar-refractivity contribution in [3.63, 3.8) is 0 Å². The summed E-state index contributed by atoms with van der Waals surface area (Å²) in [5, 5.41) is 0. The Kier molecular flexibility index (Phi) is 6.72. The fourth-order valence-electron chi connectivity index (χ4n) is 1.63. The van der Waals surface area contributed by atoms with Gasteiger partial charge in [-0.25, -0.2) is 0 Å². The van der Waals surface area contributed by atoms with Crippen LogP contribution in [0.5, 0.6) is 5.75 Å². The van der Waals surface area contributed by atoms with Crippen molar-refractivity contribution in [1.82, 2.24) is 0 Å². The van der Waals surface area contributed by atoms with Gasteiger partial charge in [0, 0.05) is 11.1 Å². The Balaban J connectivity index is 2.27. The summed E-state index contributed by atoms with van der Waals surface area (Å²) in [6, 6.07) is 4.09. The fourth-order valence-corrected chi connectivity index (χ4v) is 1.86. The molecule has 0 aliphatic carbocycles. The van der Waals surface area contributed by atoms with Crippen molar-refractivity contribution in [2.24, 2.45) is 5.92 Å². The quantitative estimate of drug-likeness (QED) is 0.689. The first-order chi connectivity index (χ1) is 8.50. The zero-order valence-electron chi connectivity index (χ0n) is 11.8. The van der Waals surface area contributed by atoms with E-state index in [1.165, 1.54) is 11.1 Å². The number of rotatable bonds is 7. The van der Waals surface area contributed by atoms with Crippen molar-refractivity contribution in [1.29, 1.82) is 0 Å². The van der Waals surface area contributed by atoms with Gasteiger partial charge in [-0.05, 0) is 49.4 Å². The minimum atomic E-state index is 0.610. The van der Waals surface area contributed by atoms with Gasteiger partial charge in [-0.15, -0.1) is 0 Å². The summed E-state index contributed by atoms with van der Waals surface area (Å²) in [7, 11) is 0. The molecule has 0 aromatic heterocycles. The molecule has 1 aromatic carbocycles. The molecule has 3 heteroatoms. The lowest BCUT2D eigenvalue weighted by molar-refractivity contribution is 0.0925. The summed E-state index contributed by atoms with van der Waals surface area (Å²) >= 11 is 3.55. The lowest BCUT2D eigenvalue weighted by Crippen LogP contribution is -2.08. The van der Waals surface area contributed by atoms with Gasteiger partial charge in [0.25, 0.3) is 0 Å². The minimum absolute atomic E-state index is 0.610. The molecule has 0 N–H and O–H groups in total. The molecule has 0 heterocycles. The molecule has 0 saturated heterocycles. The van der Waals surface area contributed by atoms with Gasteiger partial charge >= 0.3 is 0 Å². The Morgan fingerprint density at radius 2 is 1.67 bits per heavy atom. The molecule has 0 unspecified atom stereocenters. The molecular weight excluding hydrogens is 292 g/mol. The molecule has 18 heavy (non-hydrogen) atoms. The highest BCUT2D eigenvalue weighted by atomic mass is 79.9. The third-order valence-corrected chi connectivity index (χ3v) is 4.00. The van der Waals surface area contributed by atoms with Gasteiger partial charge < -0.3 is 9.47 Å². The van der Waals surface area contributed by atoms with Crippen molar-refractivity contribution in [2.75, 3.05) is 19.8 Å². The van der Waals surface area contributed by atoms with Gasteiger partial charge in [0.05, 0.1) is 6.61 Å². The van der Waals surface area contributed by atoms with Crippen LogP contribution < -0.4 is 4.74 Å². The van der Waals surface area contributed by atoms with Gasteiger partial charge in [-0.2, -0.15) is 0 Å². The van der Waals surface area contributed by atoms with E-state index >= 15 is 0 Å². The summed E-state index contributed by atoms with van der Waals surface area (Å²) in [6.07, 6.45) is 1.11. The summed E-state index contributed by atoms with van der Waals surface area (Å²) in [6.45, 7) is 10.6. The van der Waals surface area contributed by atoms with E-state index in [0.717, 1.165) is 23.2 Å². The molecule has 0 saturated carbocycles. The lowest BCUT2D eigenvalue weighted by Gasteiger charge is -2.11. The van der Waals surface area contributed by atoms with Gasteiger partial charge in [0.1, 0.15) is 12.4 Å². The molecule has 0 spiro atoms. The van der Waals surface area contributed by atoms with Crippen molar-refractivity contribution in [3.8, 4) is 5.75 Å². The van der Waals surface area contributed by atoms with Crippen LogP contribution in [0.1, 0.15) is 31.4 Å². The average Bonchev–Trinajstić information content (AvgIpc) is 2.30. The summed E-state index contributed by atoms with van der Waals surface area (Å²) in [4.78, 5) is 0. The third-order valence-electron chi connectivity index (χ3n) is 2.75. The second-order valence-electron chi connectivity index (χ2n) is 5.01. The van der Waals surface area contributed by atoms with Crippen molar-refractivity contribution in [3.05, 3.63) is 27.7 Å². The molecule has 1 aromatic rings. The maximum Gasteiger partial charge on any atom is 0.120 e. The van der Waals surface area contributed by atoms with Crippen LogP contribution >= 0.6 is 15.9 Å². The van der Waals surface area contributed by atoms with Crippen LogP contribution in [0.25, 0.3) is 0 Å². The zero-order valence-corrected chi connectivity index (χ0v) is 13.3. The number of hydrogen-bond acceptors (Lipinski definition) is 2. The first-order valence-electron chi connectivity index (χ1n) is 6.48. The number of aryl methyl sites for hydroxylation is 2. The molecule has 0 aliphatic rings. The van der Waals surface area contributed by atoms with Gasteiger partial charge in [0.2, 0.25) is 0 Å². The topological polar surface area (TPSA) is 18.5 Å². The average molecular weight is 315 g/mol. The van der Waals surface area contributed by atoms with Crippen LogP contribution in [0.3, 0.4) is 0 Å². The van der Waals surface area contributed by atoms with Gasteiger partial charge in [-0.1, -0.05) is 29.8 Å². The van der Waals surface area contributed by atoms with Crippen LogP contribution in [0.2, 0.25) is 0 Å². The van der Waals surface area contributed by atoms with Crippen molar-refractivity contribution < 1.29 is 9.47 Å². The molecule has 0 aliphatic heterocycles. The van der Waals surface area contributed by atoms with Crippen LogP contribution in [0.4, 0.5) is 0 Å². The second kappa shape index (κ2) is 7.80. The predicted molar refractivity (Wildman–Crippen MR) is 79.4 cm³/mol. The fraction of sp³-hybridized carbons (Fsp3) is 0.600. The molecule has 0 atom stereocenters. The first kappa shape index (κ1) is 15.5. The Bertz CT molecular complexity index is 352. The van der Waals surface area contributed by atoms with Gasteiger partial charge in [-0.3, -0.25) is 0 Å². The van der Waals surface area contributed by atoms with E-state index in [1.54, 1.807) is 0 Å². The van der Waals surface area contributed by atoms with Crippen LogP contribution in [0, 0.1) is 19.8 Å². The smallest absolute Gasteiger partial charge is 0.120 e. The second-order valence-corrected chi connectivity index (χ2v) is 5.81. The summed E-state index contributed by atoms with van der Waals surface area (Å²) in [5.74, 6) is 1.61. The summed E-state index contributed by atoms with van der Waals surface area (Å²) in [5.41, 5.74) is 2.40. The predicted octanol–water partition coefficient (Wildman–Crippen LogP) is 4.51. The monoisotopic (exact) mass is 314 g/mol. The Morgan fingerprint density at radius 3 is 2.22 bits per heavy atom. The SMILES string of the molecule is Cc1cc(OCCOCCC(C)C)cc(C)c1Br. The van der Waals surface area contributed by atoms with E-state index in [0.29, 0.717) is 19.1 Å². The highest BCUT2D eigenvalue weighted by molar-refractivity contribution is 9.10. The highest BCUT2D eigenvalue weighted by Crippen LogP contribution is 2.26. The normalized spacial score (nSPS) is 11.0. The maximum absolute atomic E-state index is 5.68.